The number of fused-ring (bicyclic) bond motifs is 1. The number of likely N-dealkylation sites (tertiary alicyclic amines) is 1. The highest BCUT2D eigenvalue weighted by Gasteiger charge is 2.28. The van der Waals surface area contributed by atoms with Gasteiger partial charge in [0.15, 0.2) is 11.5 Å². The quantitative estimate of drug-likeness (QED) is 0.900. The smallest absolute Gasteiger partial charge is 0.168 e. The minimum atomic E-state index is 0.216. The number of rotatable bonds is 2. The Morgan fingerprint density at radius 3 is 2.95 bits per heavy atom. The molecule has 0 aliphatic carbocycles. The van der Waals surface area contributed by atoms with Crippen LogP contribution < -0.4 is 0 Å². The van der Waals surface area contributed by atoms with Crippen LogP contribution in [0, 0.1) is 0 Å². The van der Waals surface area contributed by atoms with Crippen LogP contribution in [0.1, 0.15) is 45.0 Å². The predicted molar refractivity (Wildman–Crippen MR) is 73.1 cm³/mol. The Kier molecular flexibility index (Phi) is 3.14. The topological polar surface area (TPSA) is 53.7 Å². The molecule has 0 saturated carbocycles. The van der Waals surface area contributed by atoms with Gasteiger partial charge in [-0.2, -0.15) is 0 Å². The summed E-state index contributed by atoms with van der Waals surface area (Å²) in [6.07, 6.45) is 5.20. The van der Waals surface area contributed by atoms with E-state index >= 15 is 0 Å². The van der Waals surface area contributed by atoms with Crippen molar-refractivity contribution in [3.05, 3.63) is 24.2 Å². The van der Waals surface area contributed by atoms with Crippen LogP contribution in [0.5, 0.6) is 5.75 Å². The van der Waals surface area contributed by atoms with Crippen LogP contribution in [-0.4, -0.2) is 37.2 Å². The first kappa shape index (κ1) is 12.4. The van der Waals surface area contributed by atoms with Crippen LogP contribution >= 0.6 is 0 Å². The van der Waals surface area contributed by atoms with Crippen molar-refractivity contribution in [3.63, 3.8) is 0 Å². The first-order valence-corrected chi connectivity index (χ1v) is 6.96. The summed E-state index contributed by atoms with van der Waals surface area (Å²) < 4.78 is 1.66. The van der Waals surface area contributed by atoms with Crippen molar-refractivity contribution >= 4 is 5.65 Å². The fraction of sp³-hybridized carbons (Fsp3) is 0.571. The number of hydrogen-bond donors (Lipinski definition) is 1. The Morgan fingerprint density at radius 1 is 1.32 bits per heavy atom. The van der Waals surface area contributed by atoms with Crippen molar-refractivity contribution in [3.8, 4) is 5.75 Å². The van der Waals surface area contributed by atoms with E-state index in [1.165, 1.54) is 12.8 Å². The van der Waals surface area contributed by atoms with Gasteiger partial charge < -0.3 is 5.11 Å². The highest BCUT2D eigenvalue weighted by atomic mass is 16.3. The summed E-state index contributed by atoms with van der Waals surface area (Å²) in [5.41, 5.74) is 0.794. The van der Waals surface area contributed by atoms with Crippen LogP contribution in [-0.2, 0) is 0 Å². The molecular formula is C14H20N4O. The van der Waals surface area contributed by atoms with E-state index in [9.17, 15) is 5.11 Å². The Bertz CT molecular complexity index is 578. The van der Waals surface area contributed by atoms with Crippen LogP contribution in [0.3, 0.4) is 0 Å². The van der Waals surface area contributed by atoms with Gasteiger partial charge in [0.1, 0.15) is 5.75 Å². The molecule has 0 spiro atoms. The number of aromatic nitrogens is 3. The largest absolute Gasteiger partial charge is 0.506 e. The van der Waals surface area contributed by atoms with Gasteiger partial charge in [-0.15, -0.1) is 5.10 Å². The molecule has 2 aromatic heterocycles. The highest BCUT2D eigenvalue weighted by molar-refractivity contribution is 5.40. The lowest BCUT2D eigenvalue weighted by atomic mass is 10.00. The lowest BCUT2D eigenvalue weighted by Gasteiger charge is -2.36. The molecule has 1 saturated heterocycles. The molecule has 0 amide bonds. The van der Waals surface area contributed by atoms with Gasteiger partial charge in [0, 0.05) is 6.04 Å². The van der Waals surface area contributed by atoms with Crippen LogP contribution in [0.15, 0.2) is 18.3 Å². The van der Waals surface area contributed by atoms with E-state index < -0.39 is 0 Å². The van der Waals surface area contributed by atoms with Gasteiger partial charge in [-0.1, -0.05) is 6.42 Å². The van der Waals surface area contributed by atoms with Crippen molar-refractivity contribution in [1.82, 2.24) is 19.5 Å². The normalized spacial score (nSPS) is 21.3. The van der Waals surface area contributed by atoms with E-state index in [2.05, 4.69) is 28.8 Å². The molecule has 1 aliphatic rings. The molecule has 1 fully saturated rings. The molecule has 3 rings (SSSR count). The zero-order valence-electron chi connectivity index (χ0n) is 11.5. The summed E-state index contributed by atoms with van der Waals surface area (Å²) in [5.74, 6) is 1.09. The maximum atomic E-state index is 9.49. The summed E-state index contributed by atoms with van der Waals surface area (Å²) in [6, 6.07) is 4.25. The average Bonchev–Trinajstić information content (AvgIpc) is 2.81. The van der Waals surface area contributed by atoms with Crippen LogP contribution in [0.4, 0.5) is 0 Å². The third kappa shape index (κ3) is 2.30. The summed E-state index contributed by atoms with van der Waals surface area (Å²) in [6.45, 7) is 5.56. The van der Waals surface area contributed by atoms with Gasteiger partial charge in [0.05, 0.1) is 12.2 Å². The van der Waals surface area contributed by atoms with E-state index in [-0.39, 0.29) is 5.75 Å². The van der Waals surface area contributed by atoms with Gasteiger partial charge in [-0.05, 0) is 45.4 Å². The molecular weight excluding hydrogens is 240 g/mol. The number of hydrogen-bond acceptors (Lipinski definition) is 4. The molecule has 3 heterocycles. The molecule has 19 heavy (non-hydrogen) atoms. The van der Waals surface area contributed by atoms with Crippen molar-refractivity contribution in [2.24, 2.45) is 0 Å². The second-order valence-electron chi connectivity index (χ2n) is 5.50. The molecule has 0 radical (unpaired) electrons. The SMILES string of the molecule is CC(C)N1CCCCC1c1nc2ccc(O)cn2n1. The maximum Gasteiger partial charge on any atom is 0.168 e. The summed E-state index contributed by atoms with van der Waals surface area (Å²) in [4.78, 5) is 7.08. The number of nitrogens with zero attached hydrogens (tertiary/aromatic N) is 4. The summed E-state index contributed by atoms with van der Waals surface area (Å²) in [5, 5.41) is 14.0. The van der Waals surface area contributed by atoms with E-state index in [0.717, 1.165) is 24.4 Å². The van der Waals surface area contributed by atoms with E-state index in [1.807, 2.05) is 0 Å². The Hall–Kier alpha value is -1.62. The lowest BCUT2D eigenvalue weighted by Crippen LogP contribution is -2.39. The van der Waals surface area contributed by atoms with E-state index in [1.54, 1.807) is 22.8 Å². The van der Waals surface area contributed by atoms with Gasteiger partial charge in [-0.25, -0.2) is 9.50 Å². The Morgan fingerprint density at radius 2 is 2.16 bits per heavy atom. The van der Waals surface area contributed by atoms with Crippen LogP contribution in [0.25, 0.3) is 5.65 Å². The standard InChI is InChI=1S/C14H20N4O/c1-10(2)17-8-4-3-5-12(17)14-15-13-7-6-11(19)9-18(13)16-14/h6-7,9-10,12,19H,3-5,8H2,1-2H3. The first-order valence-electron chi connectivity index (χ1n) is 6.96. The number of piperidine rings is 1. The van der Waals surface area contributed by atoms with Gasteiger partial charge in [0.2, 0.25) is 0 Å². The zero-order valence-corrected chi connectivity index (χ0v) is 11.5. The number of aromatic hydroxyl groups is 1. The third-order valence-electron chi connectivity index (χ3n) is 3.84. The van der Waals surface area contributed by atoms with Crippen molar-refractivity contribution < 1.29 is 5.11 Å². The Balaban J connectivity index is 1.97. The molecule has 0 aromatic carbocycles. The van der Waals surface area contributed by atoms with E-state index in [4.69, 9.17) is 0 Å². The second kappa shape index (κ2) is 4.81. The third-order valence-corrected chi connectivity index (χ3v) is 3.84. The molecule has 5 nitrogen and oxygen atoms in total. The lowest BCUT2D eigenvalue weighted by molar-refractivity contribution is 0.106. The molecule has 1 atom stereocenters. The summed E-state index contributed by atoms with van der Waals surface area (Å²) in [7, 11) is 0. The Labute approximate surface area is 112 Å². The zero-order chi connectivity index (χ0) is 13.4. The first-order chi connectivity index (χ1) is 9.15. The molecule has 2 aromatic rings. The molecule has 1 unspecified atom stereocenters. The monoisotopic (exact) mass is 260 g/mol. The number of pyridine rings is 1. The fourth-order valence-electron chi connectivity index (χ4n) is 2.88. The van der Waals surface area contributed by atoms with Gasteiger partial charge >= 0.3 is 0 Å². The van der Waals surface area contributed by atoms with E-state index in [0.29, 0.717) is 12.1 Å². The molecule has 0 bridgehead atoms. The highest BCUT2D eigenvalue weighted by Crippen LogP contribution is 2.30. The summed E-state index contributed by atoms with van der Waals surface area (Å²) >= 11 is 0. The van der Waals surface area contributed by atoms with Crippen molar-refractivity contribution in [2.45, 2.75) is 45.2 Å². The molecule has 5 heteroatoms. The van der Waals surface area contributed by atoms with Crippen LogP contribution in [0.2, 0.25) is 0 Å². The average molecular weight is 260 g/mol. The minimum absolute atomic E-state index is 0.216. The molecule has 1 N–H and O–H groups in total. The van der Waals surface area contributed by atoms with Crippen molar-refractivity contribution in [2.75, 3.05) is 6.54 Å². The minimum Gasteiger partial charge on any atom is -0.506 e. The predicted octanol–water partition coefficient (Wildman–Crippen LogP) is 2.37. The van der Waals surface area contributed by atoms with Crippen molar-refractivity contribution in [1.29, 1.82) is 0 Å². The molecule has 1 aliphatic heterocycles. The molecule has 102 valence electrons. The van der Waals surface area contributed by atoms with Gasteiger partial charge in [0.25, 0.3) is 0 Å². The maximum absolute atomic E-state index is 9.49. The second-order valence-corrected chi connectivity index (χ2v) is 5.50. The van der Waals surface area contributed by atoms with Gasteiger partial charge in [-0.3, -0.25) is 4.90 Å². The fourth-order valence-corrected chi connectivity index (χ4v) is 2.88.